The number of hydrogen-bond donors (Lipinski definition) is 1. The lowest BCUT2D eigenvalue weighted by Gasteiger charge is -2.11. The van der Waals surface area contributed by atoms with Crippen LogP contribution in [0.2, 0.25) is 0 Å². The topological polar surface area (TPSA) is 46.5 Å². The van der Waals surface area contributed by atoms with Crippen molar-refractivity contribution in [3.63, 3.8) is 0 Å². The minimum absolute atomic E-state index is 0.279. The summed E-state index contributed by atoms with van der Waals surface area (Å²) < 4.78 is 4.76. The summed E-state index contributed by atoms with van der Waals surface area (Å²) in [5, 5.41) is 9.72. The van der Waals surface area contributed by atoms with Crippen LogP contribution in [-0.4, -0.2) is 17.7 Å². The van der Waals surface area contributed by atoms with E-state index in [0.29, 0.717) is 11.5 Å². The van der Waals surface area contributed by atoms with Crippen LogP contribution in [0.3, 0.4) is 0 Å². The molecule has 94 valence electrons. The molecule has 3 nitrogen and oxygen atoms in total. The van der Waals surface area contributed by atoms with Gasteiger partial charge >= 0.3 is 5.97 Å². The van der Waals surface area contributed by atoms with Crippen molar-refractivity contribution in [1.29, 1.82) is 0 Å². The van der Waals surface area contributed by atoms with Crippen molar-refractivity contribution >= 4 is 5.97 Å². The molecule has 1 unspecified atom stereocenters. The molecule has 1 atom stereocenters. The number of rotatable bonds is 5. The summed E-state index contributed by atoms with van der Waals surface area (Å²) in [6.45, 7) is 6.31. The van der Waals surface area contributed by atoms with Gasteiger partial charge in [0.15, 0.2) is 6.10 Å². The number of carbonyl (C=O) groups excluding carboxylic acids is 1. The molecule has 0 radical (unpaired) electrons. The molecule has 0 bridgehead atoms. The van der Waals surface area contributed by atoms with Crippen LogP contribution in [0.5, 0.6) is 0 Å². The second kappa shape index (κ2) is 6.40. The Morgan fingerprint density at radius 3 is 2.35 bits per heavy atom. The highest BCUT2D eigenvalue weighted by atomic mass is 16.5. The van der Waals surface area contributed by atoms with Gasteiger partial charge in [-0.05, 0) is 30.4 Å². The molecule has 0 amide bonds. The van der Waals surface area contributed by atoms with Crippen molar-refractivity contribution in [2.24, 2.45) is 5.92 Å². The van der Waals surface area contributed by atoms with Crippen molar-refractivity contribution in [2.45, 2.75) is 33.3 Å². The molecule has 0 spiro atoms. The van der Waals surface area contributed by atoms with Gasteiger partial charge in [0.2, 0.25) is 0 Å². The summed E-state index contributed by atoms with van der Waals surface area (Å²) in [4.78, 5) is 11.3. The molecular formula is C14H20O3. The Labute approximate surface area is 102 Å². The molecule has 0 aliphatic rings. The Balaban J connectivity index is 2.70. The second-order valence-electron chi connectivity index (χ2n) is 4.49. The number of benzene rings is 1. The molecule has 1 N–H and O–H groups in total. The predicted octanol–water partition coefficient (Wildman–Crippen LogP) is 2.48. The third kappa shape index (κ3) is 4.19. The van der Waals surface area contributed by atoms with Crippen LogP contribution in [0.4, 0.5) is 0 Å². The van der Waals surface area contributed by atoms with E-state index in [1.54, 1.807) is 19.1 Å². The molecule has 17 heavy (non-hydrogen) atoms. The molecule has 0 heterocycles. The summed E-state index contributed by atoms with van der Waals surface area (Å²) >= 11 is 0. The first-order valence-electron chi connectivity index (χ1n) is 5.98. The molecule has 0 aliphatic heterocycles. The van der Waals surface area contributed by atoms with E-state index < -0.39 is 12.1 Å². The zero-order chi connectivity index (χ0) is 12.8. The van der Waals surface area contributed by atoms with Gasteiger partial charge in [-0.1, -0.05) is 38.1 Å². The maximum Gasteiger partial charge on any atom is 0.339 e. The standard InChI is InChI=1S/C14H20O3/c1-4-17-14(16)13(15)12-7-5-11(6-8-12)9-10(2)3/h5-8,10,13,15H,4,9H2,1-3H3. The highest BCUT2D eigenvalue weighted by Crippen LogP contribution is 2.16. The normalized spacial score (nSPS) is 12.5. The molecular weight excluding hydrogens is 216 g/mol. The molecule has 0 aromatic heterocycles. The van der Waals surface area contributed by atoms with E-state index in [1.165, 1.54) is 5.56 Å². The van der Waals surface area contributed by atoms with Crippen LogP contribution < -0.4 is 0 Å². The van der Waals surface area contributed by atoms with Gasteiger partial charge in [-0.25, -0.2) is 4.79 Å². The van der Waals surface area contributed by atoms with Crippen molar-refractivity contribution < 1.29 is 14.6 Å². The lowest BCUT2D eigenvalue weighted by molar-refractivity contribution is -0.153. The highest BCUT2D eigenvalue weighted by Gasteiger charge is 2.18. The van der Waals surface area contributed by atoms with E-state index in [-0.39, 0.29) is 6.61 Å². The highest BCUT2D eigenvalue weighted by molar-refractivity contribution is 5.76. The second-order valence-corrected chi connectivity index (χ2v) is 4.49. The number of hydrogen-bond acceptors (Lipinski definition) is 3. The van der Waals surface area contributed by atoms with Gasteiger partial charge in [0, 0.05) is 0 Å². The Morgan fingerprint density at radius 2 is 1.88 bits per heavy atom. The average Bonchev–Trinajstić information content (AvgIpc) is 2.28. The lowest BCUT2D eigenvalue weighted by atomic mass is 10.0. The molecule has 1 rings (SSSR count). The summed E-state index contributed by atoms with van der Waals surface area (Å²) in [5.74, 6) is -0.0000558. The van der Waals surface area contributed by atoms with Gasteiger partial charge in [0.05, 0.1) is 6.61 Å². The van der Waals surface area contributed by atoms with Crippen LogP contribution in [-0.2, 0) is 16.0 Å². The first kappa shape index (κ1) is 13.7. The zero-order valence-electron chi connectivity index (χ0n) is 10.6. The van der Waals surface area contributed by atoms with E-state index in [4.69, 9.17) is 4.74 Å². The maximum absolute atomic E-state index is 11.3. The minimum atomic E-state index is -1.18. The van der Waals surface area contributed by atoms with Crippen molar-refractivity contribution in [2.75, 3.05) is 6.61 Å². The van der Waals surface area contributed by atoms with Crippen LogP contribution in [0.1, 0.15) is 38.0 Å². The van der Waals surface area contributed by atoms with Gasteiger partial charge in [0.25, 0.3) is 0 Å². The smallest absolute Gasteiger partial charge is 0.339 e. The molecule has 1 aromatic rings. The minimum Gasteiger partial charge on any atom is -0.464 e. The quantitative estimate of drug-likeness (QED) is 0.799. The molecule has 1 aromatic carbocycles. The third-order valence-corrected chi connectivity index (χ3v) is 2.45. The van der Waals surface area contributed by atoms with Crippen molar-refractivity contribution in [3.05, 3.63) is 35.4 Å². The summed E-state index contributed by atoms with van der Waals surface area (Å²) in [5.41, 5.74) is 1.79. The molecule has 0 aliphatic carbocycles. The number of esters is 1. The predicted molar refractivity (Wildman–Crippen MR) is 66.6 cm³/mol. The van der Waals surface area contributed by atoms with Gasteiger partial charge in [0.1, 0.15) is 0 Å². The van der Waals surface area contributed by atoms with Crippen LogP contribution in [0.25, 0.3) is 0 Å². The maximum atomic E-state index is 11.3. The fourth-order valence-corrected chi connectivity index (χ4v) is 1.66. The van der Waals surface area contributed by atoms with Gasteiger partial charge in [-0.3, -0.25) is 0 Å². The van der Waals surface area contributed by atoms with E-state index in [2.05, 4.69) is 13.8 Å². The van der Waals surface area contributed by atoms with E-state index in [0.717, 1.165) is 6.42 Å². The molecule has 0 fully saturated rings. The van der Waals surface area contributed by atoms with Crippen LogP contribution in [0.15, 0.2) is 24.3 Å². The first-order chi connectivity index (χ1) is 8.04. The number of aliphatic hydroxyl groups excluding tert-OH is 1. The van der Waals surface area contributed by atoms with Crippen molar-refractivity contribution in [1.82, 2.24) is 0 Å². The molecule has 0 saturated carbocycles. The Bertz CT molecular complexity index is 354. The first-order valence-corrected chi connectivity index (χ1v) is 5.98. The summed E-state index contributed by atoms with van der Waals surface area (Å²) in [6.07, 6.45) is -0.182. The number of aliphatic hydroxyl groups is 1. The van der Waals surface area contributed by atoms with E-state index in [9.17, 15) is 9.90 Å². The summed E-state index contributed by atoms with van der Waals surface area (Å²) in [7, 11) is 0. The van der Waals surface area contributed by atoms with Gasteiger partial charge < -0.3 is 9.84 Å². The monoisotopic (exact) mass is 236 g/mol. The summed E-state index contributed by atoms with van der Waals surface area (Å²) in [6, 6.07) is 7.44. The Hall–Kier alpha value is -1.35. The largest absolute Gasteiger partial charge is 0.464 e. The molecule has 0 saturated heterocycles. The number of ether oxygens (including phenoxy) is 1. The fraction of sp³-hybridized carbons (Fsp3) is 0.500. The van der Waals surface area contributed by atoms with Crippen molar-refractivity contribution in [3.8, 4) is 0 Å². The van der Waals surface area contributed by atoms with Crippen LogP contribution >= 0.6 is 0 Å². The third-order valence-electron chi connectivity index (χ3n) is 2.45. The number of carbonyl (C=O) groups is 1. The van der Waals surface area contributed by atoms with Crippen LogP contribution in [0, 0.1) is 5.92 Å². The fourth-order valence-electron chi connectivity index (χ4n) is 1.66. The zero-order valence-corrected chi connectivity index (χ0v) is 10.6. The lowest BCUT2D eigenvalue weighted by Crippen LogP contribution is -2.15. The van der Waals surface area contributed by atoms with Gasteiger partial charge in [-0.15, -0.1) is 0 Å². The Kier molecular flexibility index (Phi) is 5.16. The Morgan fingerprint density at radius 1 is 1.29 bits per heavy atom. The molecule has 3 heteroatoms. The SMILES string of the molecule is CCOC(=O)C(O)c1ccc(CC(C)C)cc1. The van der Waals surface area contributed by atoms with E-state index in [1.807, 2.05) is 12.1 Å². The van der Waals surface area contributed by atoms with E-state index >= 15 is 0 Å². The average molecular weight is 236 g/mol. The van der Waals surface area contributed by atoms with Gasteiger partial charge in [-0.2, -0.15) is 0 Å².